The molecule has 0 saturated carbocycles. The third kappa shape index (κ3) is 3.97. The number of nitrogens with one attached hydrogen (secondary N) is 1. The molecule has 0 bridgehead atoms. The molecule has 1 aromatic carbocycles. The van der Waals surface area contributed by atoms with Gasteiger partial charge in [0, 0.05) is 30.6 Å². The van der Waals surface area contributed by atoms with Gasteiger partial charge >= 0.3 is 0 Å². The van der Waals surface area contributed by atoms with Crippen LogP contribution in [0.15, 0.2) is 66.1 Å². The predicted molar refractivity (Wildman–Crippen MR) is 112 cm³/mol. The molecule has 4 rings (SSSR count). The average molecular weight is 424 g/mol. The summed E-state index contributed by atoms with van der Waals surface area (Å²) in [5.74, 6) is 0.262. The van der Waals surface area contributed by atoms with E-state index in [2.05, 4.69) is 15.3 Å². The van der Waals surface area contributed by atoms with Gasteiger partial charge in [0.25, 0.3) is 5.91 Å². The normalized spacial score (nSPS) is 11.6. The molecule has 0 atom stereocenters. The highest BCUT2D eigenvalue weighted by Crippen LogP contribution is 2.23. The quantitative estimate of drug-likeness (QED) is 0.457. The molecule has 0 radical (unpaired) electrons. The number of amides is 1. The second-order valence-corrected chi connectivity index (χ2v) is 8.67. The summed E-state index contributed by atoms with van der Waals surface area (Å²) in [6, 6.07) is 14.6. The lowest BCUT2D eigenvalue weighted by Crippen LogP contribution is -2.26. The Hall–Kier alpha value is -3.46. The maximum absolute atomic E-state index is 12.6. The van der Waals surface area contributed by atoms with Gasteiger partial charge in [0.2, 0.25) is 15.0 Å². The molecule has 30 heavy (non-hydrogen) atoms. The van der Waals surface area contributed by atoms with Gasteiger partial charge in [0.15, 0.2) is 5.69 Å². The Morgan fingerprint density at radius 3 is 2.80 bits per heavy atom. The Bertz CT molecular complexity index is 1330. The summed E-state index contributed by atoms with van der Waals surface area (Å²) in [7, 11) is -3.57. The number of carbonyl (C=O) groups excluding carboxylic acids is 1. The molecule has 0 fully saturated rings. The van der Waals surface area contributed by atoms with Gasteiger partial charge in [-0.25, -0.2) is 13.4 Å². The molecule has 154 valence electrons. The van der Waals surface area contributed by atoms with Crippen LogP contribution >= 0.6 is 0 Å². The maximum atomic E-state index is 12.6. The van der Waals surface area contributed by atoms with Crippen LogP contribution in [0.1, 0.15) is 16.9 Å². The van der Waals surface area contributed by atoms with Crippen LogP contribution < -0.4 is 10.1 Å². The van der Waals surface area contributed by atoms with Gasteiger partial charge < -0.3 is 10.1 Å². The molecule has 8 nitrogen and oxygen atoms in total. The van der Waals surface area contributed by atoms with E-state index in [0.717, 1.165) is 17.2 Å². The van der Waals surface area contributed by atoms with E-state index in [4.69, 9.17) is 4.74 Å². The van der Waals surface area contributed by atoms with Crippen LogP contribution in [-0.4, -0.2) is 48.1 Å². The first kappa shape index (κ1) is 19.8. The van der Waals surface area contributed by atoms with Gasteiger partial charge in [-0.1, -0.05) is 24.3 Å². The SMILES string of the molecule is CS(=O)(=O)c1nc(C(=O)NCCCOc2cccc3cccnc23)c2ccccn12. The maximum Gasteiger partial charge on any atom is 0.272 e. The van der Waals surface area contributed by atoms with Crippen LogP contribution in [-0.2, 0) is 9.84 Å². The third-order valence-electron chi connectivity index (χ3n) is 4.52. The monoisotopic (exact) mass is 424 g/mol. The third-order valence-corrected chi connectivity index (χ3v) is 5.47. The molecule has 0 aliphatic carbocycles. The topological polar surface area (TPSA) is 103 Å². The number of fused-ring (bicyclic) bond motifs is 2. The number of para-hydroxylation sites is 1. The molecule has 0 aliphatic heterocycles. The molecular formula is C21H20N4O4S. The fourth-order valence-corrected chi connectivity index (χ4v) is 3.94. The number of nitrogens with zero attached hydrogens (tertiary/aromatic N) is 3. The summed E-state index contributed by atoms with van der Waals surface area (Å²) in [6.45, 7) is 0.756. The zero-order valence-electron chi connectivity index (χ0n) is 16.3. The summed E-state index contributed by atoms with van der Waals surface area (Å²) < 4.78 is 31.2. The van der Waals surface area contributed by atoms with E-state index in [9.17, 15) is 13.2 Å². The van der Waals surface area contributed by atoms with Crippen LogP contribution in [0.3, 0.4) is 0 Å². The summed E-state index contributed by atoms with van der Waals surface area (Å²) in [6.07, 6.45) is 4.92. The summed E-state index contributed by atoms with van der Waals surface area (Å²) in [5, 5.41) is 3.61. The Morgan fingerprint density at radius 1 is 1.13 bits per heavy atom. The molecule has 9 heteroatoms. The number of hydrogen-bond acceptors (Lipinski definition) is 6. The molecule has 1 N–H and O–H groups in total. The van der Waals surface area contributed by atoms with Crippen molar-refractivity contribution in [2.45, 2.75) is 11.6 Å². The molecule has 0 saturated heterocycles. The van der Waals surface area contributed by atoms with E-state index in [1.54, 1.807) is 30.6 Å². The van der Waals surface area contributed by atoms with Crippen molar-refractivity contribution in [1.82, 2.24) is 19.7 Å². The van der Waals surface area contributed by atoms with Gasteiger partial charge in [0.1, 0.15) is 11.3 Å². The molecule has 4 aromatic rings. The lowest BCUT2D eigenvalue weighted by Gasteiger charge is -2.09. The lowest BCUT2D eigenvalue weighted by molar-refractivity contribution is 0.0948. The highest BCUT2D eigenvalue weighted by atomic mass is 32.2. The average Bonchev–Trinajstić information content (AvgIpc) is 3.14. The van der Waals surface area contributed by atoms with E-state index in [1.807, 2.05) is 30.3 Å². The summed E-state index contributed by atoms with van der Waals surface area (Å²) >= 11 is 0. The van der Waals surface area contributed by atoms with E-state index < -0.39 is 15.7 Å². The van der Waals surface area contributed by atoms with Crippen LogP contribution in [0, 0.1) is 0 Å². The van der Waals surface area contributed by atoms with Crippen LogP contribution in [0.5, 0.6) is 5.75 Å². The highest BCUT2D eigenvalue weighted by Gasteiger charge is 2.22. The lowest BCUT2D eigenvalue weighted by atomic mass is 10.2. The fraction of sp³-hybridized carbons (Fsp3) is 0.190. The molecule has 3 aromatic heterocycles. The predicted octanol–water partition coefficient (Wildman–Crippen LogP) is 2.48. The summed E-state index contributed by atoms with van der Waals surface area (Å²) in [5.41, 5.74) is 1.31. The Balaban J connectivity index is 1.39. The standard InChI is InChI=1S/C21H20N4O4S/c1-30(27,28)21-24-19(16-9-2-3-13-25(16)21)20(26)23-12-6-14-29-17-10-4-7-15-8-5-11-22-18(15)17/h2-5,7-11,13H,6,12,14H2,1H3,(H,23,26). The van der Waals surface area contributed by atoms with E-state index in [1.165, 1.54) is 4.40 Å². The number of benzene rings is 1. The van der Waals surface area contributed by atoms with Gasteiger partial charge in [0.05, 0.1) is 12.1 Å². The van der Waals surface area contributed by atoms with Crippen molar-refractivity contribution in [3.05, 3.63) is 66.6 Å². The van der Waals surface area contributed by atoms with Gasteiger partial charge in [-0.05, 0) is 30.7 Å². The van der Waals surface area contributed by atoms with Crippen molar-refractivity contribution >= 4 is 32.2 Å². The fourth-order valence-electron chi connectivity index (χ4n) is 3.17. The van der Waals surface area contributed by atoms with Crippen molar-refractivity contribution in [1.29, 1.82) is 0 Å². The summed E-state index contributed by atoms with van der Waals surface area (Å²) in [4.78, 5) is 21.0. The molecule has 0 unspecified atom stereocenters. The Morgan fingerprint density at radius 2 is 1.97 bits per heavy atom. The number of pyridine rings is 2. The molecular weight excluding hydrogens is 404 g/mol. The van der Waals surface area contributed by atoms with E-state index in [-0.39, 0.29) is 10.9 Å². The molecule has 0 spiro atoms. The molecule has 0 aliphatic rings. The first-order valence-corrected chi connectivity index (χ1v) is 11.3. The number of imidazole rings is 1. The van der Waals surface area contributed by atoms with Crippen LogP contribution in [0.4, 0.5) is 0 Å². The molecule has 3 heterocycles. The minimum absolute atomic E-state index is 0.0789. The number of carbonyl (C=O) groups is 1. The number of aromatic nitrogens is 3. The van der Waals surface area contributed by atoms with Crippen LogP contribution in [0.25, 0.3) is 16.4 Å². The van der Waals surface area contributed by atoms with Crippen molar-refractivity contribution in [2.75, 3.05) is 19.4 Å². The highest BCUT2D eigenvalue weighted by molar-refractivity contribution is 7.90. The Kier molecular flexibility index (Phi) is 5.37. The zero-order chi connectivity index (χ0) is 21.1. The smallest absolute Gasteiger partial charge is 0.272 e. The van der Waals surface area contributed by atoms with Gasteiger partial charge in [-0.15, -0.1) is 0 Å². The minimum Gasteiger partial charge on any atom is -0.491 e. The molecule has 1 amide bonds. The second-order valence-electron chi connectivity index (χ2n) is 6.76. The largest absolute Gasteiger partial charge is 0.491 e. The van der Waals surface area contributed by atoms with Crippen molar-refractivity contribution in [3.8, 4) is 5.75 Å². The first-order valence-electron chi connectivity index (χ1n) is 9.37. The minimum atomic E-state index is -3.57. The van der Waals surface area contributed by atoms with Gasteiger partial charge in [-0.3, -0.25) is 14.2 Å². The van der Waals surface area contributed by atoms with Crippen molar-refractivity contribution in [2.24, 2.45) is 0 Å². The van der Waals surface area contributed by atoms with Crippen molar-refractivity contribution < 1.29 is 17.9 Å². The number of hydrogen-bond donors (Lipinski definition) is 1. The van der Waals surface area contributed by atoms with E-state index >= 15 is 0 Å². The van der Waals surface area contributed by atoms with Gasteiger partial charge in [-0.2, -0.15) is 0 Å². The second kappa shape index (κ2) is 8.11. The zero-order valence-corrected chi connectivity index (χ0v) is 17.1. The number of ether oxygens (including phenoxy) is 1. The number of sulfone groups is 1. The van der Waals surface area contributed by atoms with Crippen molar-refractivity contribution in [3.63, 3.8) is 0 Å². The Labute approximate surface area is 173 Å². The van der Waals surface area contributed by atoms with E-state index in [0.29, 0.717) is 30.8 Å². The van der Waals surface area contributed by atoms with Crippen LogP contribution in [0.2, 0.25) is 0 Å². The first-order chi connectivity index (χ1) is 14.4. The number of rotatable bonds is 7.